The minimum absolute atomic E-state index is 0.00170. The Bertz CT molecular complexity index is 1210. The fourth-order valence-electron chi connectivity index (χ4n) is 4.05. The van der Waals surface area contributed by atoms with E-state index in [2.05, 4.69) is 19.7 Å². The number of rotatable bonds is 7. The second-order valence-electron chi connectivity index (χ2n) is 8.09. The number of nitrogens with zero attached hydrogens (tertiary/aromatic N) is 5. The fraction of sp³-hybridized carbons (Fsp3) is 0.364. The first kappa shape index (κ1) is 21.1. The Balaban J connectivity index is 1.38. The molecule has 8 nitrogen and oxygen atoms in total. The summed E-state index contributed by atoms with van der Waals surface area (Å²) in [6.45, 7) is 0. The van der Waals surface area contributed by atoms with E-state index in [0.29, 0.717) is 17.6 Å². The number of benzene rings is 1. The lowest BCUT2D eigenvalue weighted by molar-refractivity contribution is -0.116. The number of sulfone groups is 1. The third-order valence-electron chi connectivity index (χ3n) is 5.70. The molecule has 0 bridgehead atoms. The average Bonchev–Trinajstić information content (AvgIpc) is 3.45. The number of amides is 1. The Hall–Kier alpha value is -2.72. The van der Waals surface area contributed by atoms with Crippen molar-refractivity contribution in [1.29, 1.82) is 0 Å². The Morgan fingerprint density at radius 1 is 1.09 bits per heavy atom. The third kappa shape index (κ3) is 4.42. The molecule has 0 N–H and O–H groups in total. The Morgan fingerprint density at radius 3 is 2.56 bits per heavy atom. The zero-order valence-electron chi connectivity index (χ0n) is 17.4. The van der Waals surface area contributed by atoms with Gasteiger partial charge in [-0.05, 0) is 43.5 Å². The van der Waals surface area contributed by atoms with Crippen LogP contribution in [0.2, 0.25) is 0 Å². The second kappa shape index (κ2) is 8.67. The fourth-order valence-corrected chi connectivity index (χ4v) is 6.62. The lowest BCUT2D eigenvalue weighted by Gasteiger charge is -2.28. The van der Waals surface area contributed by atoms with E-state index in [1.54, 1.807) is 17.3 Å². The van der Waals surface area contributed by atoms with Crippen molar-refractivity contribution in [3.8, 4) is 11.4 Å². The number of thioether (sulfide) groups is 1. The zero-order valence-corrected chi connectivity index (χ0v) is 19.0. The van der Waals surface area contributed by atoms with Crippen LogP contribution >= 0.6 is 11.8 Å². The summed E-state index contributed by atoms with van der Waals surface area (Å²) in [4.78, 5) is 19.2. The van der Waals surface area contributed by atoms with E-state index in [1.165, 1.54) is 11.8 Å². The van der Waals surface area contributed by atoms with Gasteiger partial charge < -0.3 is 4.90 Å². The Labute approximate surface area is 191 Å². The number of aromatic nitrogens is 4. The summed E-state index contributed by atoms with van der Waals surface area (Å²) in [6.07, 6.45) is 6.06. The summed E-state index contributed by atoms with van der Waals surface area (Å²) in [5.41, 5.74) is 1.62. The largest absolute Gasteiger partial charge is 0.308 e. The van der Waals surface area contributed by atoms with E-state index in [-0.39, 0.29) is 29.2 Å². The molecule has 1 saturated heterocycles. The van der Waals surface area contributed by atoms with Crippen molar-refractivity contribution in [3.05, 3.63) is 54.9 Å². The van der Waals surface area contributed by atoms with Crippen molar-refractivity contribution in [2.24, 2.45) is 0 Å². The highest BCUT2D eigenvalue weighted by atomic mass is 32.2. The molecule has 1 aliphatic heterocycles. The number of hydrogen-bond acceptors (Lipinski definition) is 7. The normalized spacial score (nSPS) is 19.7. The van der Waals surface area contributed by atoms with Crippen LogP contribution in [0.1, 0.15) is 25.3 Å². The van der Waals surface area contributed by atoms with Gasteiger partial charge in [-0.2, -0.15) is 0 Å². The highest BCUT2D eigenvalue weighted by molar-refractivity contribution is 7.99. The highest BCUT2D eigenvalue weighted by Gasteiger charge is 2.36. The molecular formula is C22H23N5O3S2. The number of para-hydroxylation sites is 1. The predicted octanol–water partition coefficient (Wildman–Crippen LogP) is 2.99. The van der Waals surface area contributed by atoms with Crippen LogP contribution in [0.25, 0.3) is 11.4 Å². The number of carbonyl (C=O) groups excluding carboxylic acids is 1. The standard InChI is InChI=1S/C22H23N5O3S2/c28-20(26(17-6-2-1-3-7-17)19-10-12-32(29,30)15-19)14-31-22-25-24-21(27(22)18-8-9-18)16-5-4-11-23-13-16/h1-7,11,13,18-19H,8-10,12,14-15H2/t19-/m1/s1. The first-order valence-electron chi connectivity index (χ1n) is 10.6. The van der Waals surface area contributed by atoms with Crippen LogP contribution in [0.4, 0.5) is 5.69 Å². The summed E-state index contributed by atoms with van der Waals surface area (Å²) in [5.74, 6) is 0.908. The van der Waals surface area contributed by atoms with Gasteiger partial charge >= 0.3 is 0 Å². The SMILES string of the molecule is O=C(CSc1nnc(-c2cccnc2)n1C1CC1)N(c1ccccc1)[C@@H]1CCS(=O)(=O)C1. The minimum Gasteiger partial charge on any atom is -0.308 e. The van der Waals surface area contributed by atoms with E-state index in [4.69, 9.17) is 0 Å². The summed E-state index contributed by atoms with van der Waals surface area (Å²) in [6, 6.07) is 13.1. The molecule has 3 heterocycles. The molecule has 0 unspecified atom stereocenters. The highest BCUT2D eigenvalue weighted by Crippen LogP contribution is 2.41. The number of pyridine rings is 1. The van der Waals surface area contributed by atoms with Crippen LogP contribution in [0.3, 0.4) is 0 Å². The molecule has 166 valence electrons. The van der Waals surface area contributed by atoms with E-state index >= 15 is 0 Å². The van der Waals surface area contributed by atoms with Gasteiger partial charge in [0.1, 0.15) is 0 Å². The van der Waals surface area contributed by atoms with Gasteiger partial charge in [-0.25, -0.2) is 8.42 Å². The Morgan fingerprint density at radius 2 is 1.91 bits per heavy atom. The minimum atomic E-state index is -3.12. The molecule has 32 heavy (non-hydrogen) atoms. The van der Waals surface area contributed by atoms with Crippen molar-refractivity contribution in [3.63, 3.8) is 0 Å². The predicted molar refractivity (Wildman–Crippen MR) is 123 cm³/mol. The third-order valence-corrected chi connectivity index (χ3v) is 8.38. The number of carbonyl (C=O) groups is 1. The lowest BCUT2D eigenvalue weighted by Crippen LogP contribution is -2.42. The molecule has 0 radical (unpaired) electrons. The molecule has 1 aliphatic carbocycles. The Kier molecular flexibility index (Phi) is 5.73. The number of anilines is 1. The van der Waals surface area contributed by atoms with E-state index in [0.717, 1.165) is 29.9 Å². The second-order valence-corrected chi connectivity index (χ2v) is 11.3. The van der Waals surface area contributed by atoms with Crippen LogP contribution < -0.4 is 4.90 Å². The van der Waals surface area contributed by atoms with E-state index in [1.807, 2.05) is 42.5 Å². The monoisotopic (exact) mass is 469 g/mol. The lowest BCUT2D eigenvalue weighted by atomic mass is 10.2. The molecule has 2 aromatic heterocycles. The first-order chi connectivity index (χ1) is 15.5. The quantitative estimate of drug-likeness (QED) is 0.491. The molecular weight excluding hydrogens is 446 g/mol. The van der Waals surface area contributed by atoms with Gasteiger partial charge in [-0.3, -0.25) is 14.3 Å². The van der Waals surface area contributed by atoms with Crippen LogP contribution in [-0.4, -0.2) is 57.4 Å². The maximum absolute atomic E-state index is 13.3. The topological polar surface area (TPSA) is 98.1 Å². The molecule has 2 aliphatic rings. The maximum Gasteiger partial charge on any atom is 0.237 e. The first-order valence-corrected chi connectivity index (χ1v) is 13.4. The van der Waals surface area contributed by atoms with Gasteiger partial charge in [0, 0.05) is 29.7 Å². The van der Waals surface area contributed by atoms with Crippen LogP contribution in [-0.2, 0) is 14.6 Å². The molecule has 0 spiro atoms. The molecule has 5 rings (SSSR count). The zero-order chi connectivity index (χ0) is 22.1. The molecule has 1 atom stereocenters. The number of hydrogen-bond donors (Lipinski definition) is 0. The summed E-state index contributed by atoms with van der Waals surface area (Å²) in [5, 5.41) is 9.43. The van der Waals surface area contributed by atoms with Crippen molar-refractivity contribution < 1.29 is 13.2 Å². The van der Waals surface area contributed by atoms with Crippen molar-refractivity contribution in [1.82, 2.24) is 19.7 Å². The van der Waals surface area contributed by atoms with Gasteiger partial charge in [0.25, 0.3) is 0 Å². The van der Waals surface area contributed by atoms with Crippen LogP contribution in [0.5, 0.6) is 0 Å². The van der Waals surface area contributed by atoms with Crippen LogP contribution in [0.15, 0.2) is 60.0 Å². The molecule has 1 amide bonds. The van der Waals surface area contributed by atoms with Gasteiger partial charge in [0.05, 0.1) is 23.3 Å². The molecule has 1 aromatic carbocycles. The molecule has 1 saturated carbocycles. The summed E-state index contributed by atoms with van der Waals surface area (Å²) >= 11 is 1.35. The van der Waals surface area contributed by atoms with Crippen molar-refractivity contribution >= 4 is 33.2 Å². The molecule has 3 aromatic rings. The smallest absolute Gasteiger partial charge is 0.237 e. The average molecular weight is 470 g/mol. The summed E-state index contributed by atoms with van der Waals surface area (Å²) < 4.78 is 26.2. The van der Waals surface area contributed by atoms with E-state index in [9.17, 15) is 13.2 Å². The molecule has 10 heteroatoms. The molecule has 2 fully saturated rings. The van der Waals surface area contributed by atoms with E-state index < -0.39 is 9.84 Å². The summed E-state index contributed by atoms with van der Waals surface area (Å²) in [7, 11) is -3.12. The van der Waals surface area contributed by atoms with Gasteiger partial charge in [-0.15, -0.1) is 10.2 Å². The van der Waals surface area contributed by atoms with Gasteiger partial charge in [0.15, 0.2) is 20.8 Å². The van der Waals surface area contributed by atoms with Crippen molar-refractivity contribution in [2.45, 2.75) is 36.5 Å². The maximum atomic E-state index is 13.3. The van der Waals surface area contributed by atoms with Crippen molar-refractivity contribution in [2.75, 3.05) is 22.2 Å². The van der Waals surface area contributed by atoms with Gasteiger partial charge in [-0.1, -0.05) is 30.0 Å². The van der Waals surface area contributed by atoms with Crippen LogP contribution in [0, 0.1) is 0 Å². The van der Waals surface area contributed by atoms with Gasteiger partial charge in [0.2, 0.25) is 5.91 Å².